The summed E-state index contributed by atoms with van der Waals surface area (Å²) in [6.07, 6.45) is 1.28. The van der Waals surface area contributed by atoms with Gasteiger partial charge in [-0.25, -0.2) is 0 Å². The van der Waals surface area contributed by atoms with Crippen LogP contribution in [-0.4, -0.2) is 22.7 Å². The first-order chi connectivity index (χ1) is 8.63. The molecule has 0 amide bonds. The maximum absolute atomic E-state index is 9.53. The topological polar surface area (TPSA) is 49.8 Å². The Morgan fingerprint density at radius 3 is 2.56 bits per heavy atom. The minimum absolute atomic E-state index is 0.379. The van der Waals surface area contributed by atoms with Crippen molar-refractivity contribution in [2.75, 3.05) is 6.54 Å². The highest BCUT2D eigenvalue weighted by Gasteiger charge is 2.13. The minimum atomic E-state index is -0.379. The molecule has 0 radical (unpaired) electrons. The number of furan rings is 2. The second-order valence-electron chi connectivity index (χ2n) is 4.61. The number of hydrogen-bond acceptors (Lipinski definition) is 4. The van der Waals surface area contributed by atoms with Crippen LogP contribution >= 0.6 is 0 Å². The van der Waals surface area contributed by atoms with E-state index < -0.39 is 0 Å². The van der Waals surface area contributed by atoms with Gasteiger partial charge in [0.1, 0.15) is 17.3 Å². The van der Waals surface area contributed by atoms with Crippen molar-refractivity contribution in [3.8, 4) is 0 Å². The van der Waals surface area contributed by atoms with Crippen molar-refractivity contribution < 1.29 is 13.9 Å². The monoisotopic (exact) mass is 249 g/mol. The molecule has 18 heavy (non-hydrogen) atoms. The van der Waals surface area contributed by atoms with Crippen molar-refractivity contribution in [1.29, 1.82) is 0 Å². The molecule has 1 atom stereocenters. The number of nitrogens with zero attached hydrogens (tertiary/aromatic N) is 1. The van der Waals surface area contributed by atoms with Crippen LogP contribution in [0.1, 0.15) is 24.2 Å². The van der Waals surface area contributed by atoms with Crippen LogP contribution in [0.2, 0.25) is 0 Å². The van der Waals surface area contributed by atoms with Crippen LogP contribution in [-0.2, 0) is 13.1 Å². The zero-order valence-corrected chi connectivity index (χ0v) is 10.8. The second-order valence-corrected chi connectivity index (χ2v) is 4.61. The van der Waals surface area contributed by atoms with E-state index in [0.29, 0.717) is 19.6 Å². The number of hydrogen-bond donors (Lipinski definition) is 1. The van der Waals surface area contributed by atoms with Crippen LogP contribution in [0.15, 0.2) is 39.4 Å². The fraction of sp³-hybridized carbons (Fsp3) is 0.429. The van der Waals surface area contributed by atoms with Crippen molar-refractivity contribution in [2.24, 2.45) is 0 Å². The molecule has 2 aromatic heterocycles. The molecule has 4 heteroatoms. The molecular formula is C14H19NO3. The Kier molecular flexibility index (Phi) is 4.23. The molecule has 0 aromatic carbocycles. The normalized spacial score (nSPS) is 13.1. The van der Waals surface area contributed by atoms with E-state index in [1.807, 2.05) is 31.2 Å². The molecule has 1 unspecified atom stereocenters. The van der Waals surface area contributed by atoms with Gasteiger partial charge in [-0.1, -0.05) is 0 Å². The molecule has 0 spiro atoms. The summed E-state index contributed by atoms with van der Waals surface area (Å²) in [5.41, 5.74) is 0. The Morgan fingerprint density at radius 2 is 2.00 bits per heavy atom. The van der Waals surface area contributed by atoms with E-state index in [-0.39, 0.29) is 6.10 Å². The molecule has 0 aliphatic carbocycles. The quantitative estimate of drug-likeness (QED) is 0.854. The lowest BCUT2D eigenvalue weighted by atomic mass is 10.3. The van der Waals surface area contributed by atoms with E-state index in [9.17, 15) is 5.11 Å². The third-order valence-corrected chi connectivity index (χ3v) is 2.66. The molecule has 1 N–H and O–H groups in total. The van der Waals surface area contributed by atoms with Gasteiger partial charge in [0.15, 0.2) is 0 Å². The fourth-order valence-electron chi connectivity index (χ4n) is 1.97. The van der Waals surface area contributed by atoms with Crippen LogP contribution in [0.25, 0.3) is 0 Å². The SMILES string of the molecule is Cc1ccc(CN(Cc2ccco2)CC(C)O)o1. The van der Waals surface area contributed by atoms with Gasteiger partial charge in [-0.15, -0.1) is 0 Å². The van der Waals surface area contributed by atoms with Crippen molar-refractivity contribution in [1.82, 2.24) is 4.90 Å². The Bertz CT molecular complexity index is 459. The minimum Gasteiger partial charge on any atom is -0.468 e. The van der Waals surface area contributed by atoms with Crippen LogP contribution in [0, 0.1) is 6.92 Å². The van der Waals surface area contributed by atoms with E-state index in [1.165, 1.54) is 0 Å². The molecule has 0 aliphatic heterocycles. The third kappa shape index (κ3) is 3.75. The molecule has 0 saturated carbocycles. The molecule has 0 fully saturated rings. The molecule has 2 heterocycles. The number of aliphatic hydroxyl groups is 1. The summed E-state index contributed by atoms with van der Waals surface area (Å²) in [5, 5.41) is 9.53. The van der Waals surface area contributed by atoms with Crippen LogP contribution < -0.4 is 0 Å². The van der Waals surface area contributed by atoms with E-state index in [2.05, 4.69) is 4.90 Å². The maximum atomic E-state index is 9.53. The standard InChI is InChI=1S/C14H19NO3/c1-11(16)8-15(9-13-4-3-7-17-13)10-14-6-5-12(2)18-14/h3-7,11,16H,8-10H2,1-2H3. The molecule has 0 aliphatic rings. The Morgan fingerprint density at radius 1 is 1.22 bits per heavy atom. The molecule has 98 valence electrons. The first-order valence-corrected chi connectivity index (χ1v) is 6.11. The van der Waals surface area contributed by atoms with Gasteiger partial charge < -0.3 is 13.9 Å². The molecule has 2 rings (SSSR count). The lowest BCUT2D eigenvalue weighted by molar-refractivity contribution is 0.108. The highest BCUT2D eigenvalue weighted by atomic mass is 16.3. The molecular weight excluding hydrogens is 230 g/mol. The van der Waals surface area contributed by atoms with Gasteiger partial charge in [0, 0.05) is 6.54 Å². The highest BCUT2D eigenvalue weighted by molar-refractivity contribution is 5.06. The van der Waals surface area contributed by atoms with Gasteiger partial charge in [0.2, 0.25) is 0 Å². The Hall–Kier alpha value is -1.52. The van der Waals surface area contributed by atoms with E-state index in [4.69, 9.17) is 8.83 Å². The zero-order valence-electron chi connectivity index (χ0n) is 10.8. The zero-order chi connectivity index (χ0) is 13.0. The molecule has 0 saturated heterocycles. The average Bonchev–Trinajstić information content (AvgIpc) is 2.89. The van der Waals surface area contributed by atoms with Gasteiger partial charge >= 0.3 is 0 Å². The number of aryl methyl sites for hydroxylation is 1. The summed E-state index contributed by atoms with van der Waals surface area (Å²) in [4.78, 5) is 2.10. The molecule has 4 nitrogen and oxygen atoms in total. The van der Waals surface area contributed by atoms with Crippen molar-refractivity contribution in [3.05, 3.63) is 47.8 Å². The summed E-state index contributed by atoms with van der Waals surface area (Å²) >= 11 is 0. The van der Waals surface area contributed by atoms with Crippen LogP contribution in [0.4, 0.5) is 0 Å². The van der Waals surface area contributed by atoms with Gasteiger partial charge in [-0.2, -0.15) is 0 Å². The van der Waals surface area contributed by atoms with Crippen molar-refractivity contribution in [3.63, 3.8) is 0 Å². The predicted molar refractivity (Wildman–Crippen MR) is 67.9 cm³/mol. The number of aliphatic hydroxyl groups excluding tert-OH is 1. The fourth-order valence-corrected chi connectivity index (χ4v) is 1.97. The van der Waals surface area contributed by atoms with Crippen LogP contribution in [0.3, 0.4) is 0 Å². The maximum Gasteiger partial charge on any atom is 0.118 e. The average molecular weight is 249 g/mol. The highest BCUT2D eigenvalue weighted by Crippen LogP contribution is 2.13. The molecule has 0 bridgehead atoms. The summed E-state index contributed by atoms with van der Waals surface area (Å²) in [6.45, 7) is 5.62. The first-order valence-electron chi connectivity index (χ1n) is 6.11. The largest absolute Gasteiger partial charge is 0.468 e. The predicted octanol–water partition coefficient (Wildman–Crippen LogP) is 2.56. The van der Waals surface area contributed by atoms with Crippen LogP contribution in [0.5, 0.6) is 0 Å². The van der Waals surface area contributed by atoms with Crippen molar-refractivity contribution >= 4 is 0 Å². The smallest absolute Gasteiger partial charge is 0.118 e. The summed E-state index contributed by atoms with van der Waals surface area (Å²) in [5.74, 6) is 2.69. The lowest BCUT2D eigenvalue weighted by Crippen LogP contribution is -2.30. The second kappa shape index (κ2) is 5.89. The number of rotatable bonds is 6. The third-order valence-electron chi connectivity index (χ3n) is 2.66. The summed E-state index contributed by atoms with van der Waals surface area (Å²) < 4.78 is 10.9. The van der Waals surface area contributed by atoms with Gasteiger partial charge in [-0.3, -0.25) is 4.90 Å². The lowest BCUT2D eigenvalue weighted by Gasteiger charge is -2.21. The Labute approximate surface area is 107 Å². The molecule has 2 aromatic rings. The summed E-state index contributed by atoms with van der Waals surface area (Å²) in [7, 11) is 0. The first kappa shape index (κ1) is 12.9. The summed E-state index contributed by atoms with van der Waals surface area (Å²) in [6, 6.07) is 7.71. The van der Waals surface area contributed by atoms with E-state index in [0.717, 1.165) is 17.3 Å². The van der Waals surface area contributed by atoms with Gasteiger partial charge in [-0.05, 0) is 38.1 Å². The van der Waals surface area contributed by atoms with Gasteiger partial charge in [0.05, 0.1) is 25.5 Å². The van der Waals surface area contributed by atoms with Crippen molar-refractivity contribution in [2.45, 2.75) is 33.0 Å². The van der Waals surface area contributed by atoms with E-state index >= 15 is 0 Å². The van der Waals surface area contributed by atoms with Gasteiger partial charge in [0.25, 0.3) is 0 Å². The van der Waals surface area contributed by atoms with E-state index in [1.54, 1.807) is 13.2 Å². The Balaban J connectivity index is 2.00.